The number of nitrogens with zero attached hydrogens (tertiary/aromatic N) is 1. The highest BCUT2D eigenvalue weighted by atomic mass is 79.9. The van der Waals surface area contributed by atoms with Crippen LogP contribution in [0.2, 0.25) is 0 Å². The third kappa shape index (κ3) is 2.70. The van der Waals surface area contributed by atoms with Gasteiger partial charge in [0.2, 0.25) is 0 Å². The molecule has 1 heterocycles. The number of thiazole rings is 1. The fraction of sp³-hybridized carbons (Fsp3) is 0.235. The van der Waals surface area contributed by atoms with Gasteiger partial charge in [0.1, 0.15) is 0 Å². The van der Waals surface area contributed by atoms with Crippen molar-refractivity contribution < 1.29 is 0 Å². The molecule has 1 N–H and O–H groups in total. The molecule has 0 fully saturated rings. The smallest absolute Gasteiger partial charge is 0.0813 e. The summed E-state index contributed by atoms with van der Waals surface area (Å²) in [5.74, 6) is 0. The first-order chi connectivity index (χ1) is 10.3. The quantitative estimate of drug-likeness (QED) is 0.694. The molecule has 1 aliphatic rings. The van der Waals surface area contributed by atoms with Crippen LogP contribution >= 0.6 is 27.3 Å². The van der Waals surface area contributed by atoms with E-state index in [0.717, 1.165) is 18.4 Å². The van der Waals surface area contributed by atoms with Crippen LogP contribution in [0.5, 0.6) is 0 Å². The van der Waals surface area contributed by atoms with Crippen LogP contribution in [0, 0.1) is 0 Å². The number of hydrogen-bond acceptors (Lipinski definition) is 3. The largest absolute Gasteiger partial charge is 0.382 e. The van der Waals surface area contributed by atoms with E-state index >= 15 is 0 Å². The molecule has 21 heavy (non-hydrogen) atoms. The second kappa shape index (κ2) is 5.43. The van der Waals surface area contributed by atoms with Crippen molar-refractivity contribution in [3.63, 3.8) is 0 Å². The Balaban J connectivity index is 1.54. The molecule has 0 bridgehead atoms. The van der Waals surface area contributed by atoms with Gasteiger partial charge in [0.25, 0.3) is 0 Å². The standard InChI is InChI=1S/C17H15BrN2S/c18-13-3-1-12-8-14(4-2-11(12)7-13)20-15-5-6-16-17(9-15)21-10-19-16/h1,3,5-7,9-10,14,20H,2,4,8H2. The topological polar surface area (TPSA) is 24.9 Å². The molecule has 0 radical (unpaired) electrons. The molecule has 0 aliphatic heterocycles. The highest BCUT2D eigenvalue weighted by Gasteiger charge is 2.18. The molecule has 3 aromatic rings. The highest BCUT2D eigenvalue weighted by Crippen LogP contribution is 2.28. The van der Waals surface area contributed by atoms with E-state index in [4.69, 9.17) is 0 Å². The summed E-state index contributed by atoms with van der Waals surface area (Å²) in [5, 5.41) is 3.69. The Morgan fingerprint density at radius 2 is 2.10 bits per heavy atom. The van der Waals surface area contributed by atoms with Gasteiger partial charge in [-0.05, 0) is 60.7 Å². The molecule has 1 unspecified atom stereocenters. The minimum Gasteiger partial charge on any atom is -0.382 e. The third-order valence-electron chi connectivity index (χ3n) is 4.10. The normalized spacial score (nSPS) is 17.7. The Hall–Kier alpha value is -1.39. The molecule has 2 aromatic carbocycles. The van der Waals surface area contributed by atoms with Crippen LogP contribution in [0.25, 0.3) is 10.2 Å². The van der Waals surface area contributed by atoms with Gasteiger partial charge in [-0.1, -0.05) is 22.0 Å². The maximum absolute atomic E-state index is 4.33. The number of anilines is 1. The average molecular weight is 359 g/mol. The van der Waals surface area contributed by atoms with Gasteiger partial charge in [0, 0.05) is 16.2 Å². The number of hydrogen-bond donors (Lipinski definition) is 1. The summed E-state index contributed by atoms with van der Waals surface area (Å²) in [4.78, 5) is 4.33. The number of halogens is 1. The molecule has 4 heteroatoms. The van der Waals surface area contributed by atoms with Crippen LogP contribution in [0.15, 0.2) is 46.4 Å². The van der Waals surface area contributed by atoms with Crippen LogP contribution in [0.1, 0.15) is 17.5 Å². The molecule has 1 atom stereocenters. The van der Waals surface area contributed by atoms with E-state index in [1.54, 1.807) is 11.3 Å². The molecular formula is C17H15BrN2S. The Labute approximate surface area is 136 Å². The summed E-state index contributed by atoms with van der Waals surface area (Å²) < 4.78 is 2.43. The predicted octanol–water partition coefficient (Wildman–Crippen LogP) is 5.03. The van der Waals surface area contributed by atoms with Gasteiger partial charge in [-0.3, -0.25) is 0 Å². The van der Waals surface area contributed by atoms with E-state index < -0.39 is 0 Å². The monoisotopic (exact) mass is 358 g/mol. The first kappa shape index (κ1) is 13.3. The number of aromatic nitrogens is 1. The Kier molecular flexibility index (Phi) is 3.43. The minimum atomic E-state index is 0.518. The summed E-state index contributed by atoms with van der Waals surface area (Å²) in [6.45, 7) is 0. The fourth-order valence-electron chi connectivity index (χ4n) is 3.03. The van der Waals surface area contributed by atoms with E-state index in [1.165, 1.54) is 32.4 Å². The van der Waals surface area contributed by atoms with E-state index in [9.17, 15) is 0 Å². The van der Waals surface area contributed by atoms with Gasteiger partial charge in [0.15, 0.2) is 0 Å². The van der Waals surface area contributed by atoms with Gasteiger partial charge < -0.3 is 5.32 Å². The number of benzene rings is 2. The molecule has 0 saturated heterocycles. The minimum absolute atomic E-state index is 0.518. The molecule has 2 nitrogen and oxygen atoms in total. The lowest BCUT2D eigenvalue weighted by atomic mass is 9.88. The second-order valence-electron chi connectivity index (χ2n) is 5.53. The summed E-state index contributed by atoms with van der Waals surface area (Å²) in [5.41, 5.74) is 7.16. The van der Waals surface area contributed by atoms with Crippen molar-refractivity contribution in [3.05, 3.63) is 57.5 Å². The lowest BCUT2D eigenvalue weighted by molar-refractivity contribution is 0.611. The summed E-state index contributed by atoms with van der Waals surface area (Å²) in [6, 6.07) is 13.6. The van der Waals surface area contributed by atoms with Crippen LogP contribution < -0.4 is 5.32 Å². The molecule has 4 rings (SSSR count). The highest BCUT2D eigenvalue weighted by molar-refractivity contribution is 9.10. The molecule has 0 saturated carbocycles. The third-order valence-corrected chi connectivity index (χ3v) is 5.38. The fourth-order valence-corrected chi connectivity index (χ4v) is 4.15. The van der Waals surface area contributed by atoms with Crippen molar-refractivity contribution in [1.29, 1.82) is 0 Å². The van der Waals surface area contributed by atoms with Gasteiger partial charge in [-0.15, -0.1) is 11.3 Å². The molecule has 0 amide bonds. The number of nitrogens with one attached hydrogen (secondary N) is 1. The lowest BCUT2D eigenvalue weighted by Gasteiger charge is -2.26. The molecular weight excluding hydrogens is 344 g/mol. The van der Waals surface area contributed by atoms with Crippen LogP contribution in [-0.2, 0) is 12.8 Å². The van der Waals surface area contributed by atoms with Crippen molar-refractivity contribution in [3.8, 4) is 0 Å². The van der Waals surface area contributed by atoms with Gasteiger partial charge in [0.05, 0.1) is 15.7 Å². The summed E-state index contributed by atoms with van der Waals surface area (Å²) in [6.07, 6.45) is 3.43. The van der Waals surface area contributed by atoms with Gasteiger partial charge in [-0.2, -0.15) is 0 Å². The molecule has 1 aromatic heterocycles. The van der Waals surface area contributed by atoms with Crippen LogP contribution in [-0.4, -0.2) is 11.0 Å². The van der Waals surface area contributed by atoms with Crippen molar-refractivity contribution in [2.24, 2.45) is 0 Å². The zero-order valence-electron chi connectivity index (χ0n) is 11.5. The first-order valence-corrected chi connectivity index (χ1v) is 8.82. The number of aryl methyl sites for hydroxylation is 1. The average Bonchev–Trinajstić information content (AvgIpc) is 2.95. The Morgan fingerprint density at radius 1 is 1.14 bits per heavy atom. The van der Waals surface area contributed by atoms with Crippen LogP contribution in [0.3, 0.4) is 0 Å². The van der Waals surface area contributed by atoms with Crippen molar-refractivity contribution in [2.45, 2.75) is 25.3 Å². The zero-order valence-corrected chi connectivity index (χ0v) is 13.9. The zero-order chi connectivity index (χ0) is 14.2. The second-order valence-corrected chi connectivity index (χ2v) is 7.33. The van der Waals surface area contributed by atoms with E-state index in [0.29, 0.717) is 6.04 Å². The summed E-state index contributed by atoms with van der Waals surface area (Å²) in [7, 11) is 0. The lowest BCUT2D eigenvalue weighted by Crippen LogP contribution is -2.27. The Bertz CT molecular complexity index is 796. The molecule has 106 valence electrons. The van der Waals surface area contributed by atoms with Gasteiger partial charge in [-0.25, -0.2) is 4.98 Å². The maximum Gasteiger partial charge on any atom is 0.0813 e. The van der Waals surface area contributed by atoms with E-state index in [2.05, 4.69) is 62.6 Å². The van der Waals surface area contributed by atoms with Crippen LogP contribution in [0.4, 0.5) is 5.69 Å². The molecule has 0 spiro atoms. The molecule has 1 aliphatic carbocycles. The van der Waals surface area contributed by atoms with Crippen molar-refractivity contribution in [2.75, 3.05) is 5.32 Å². The van der Waals surface area contributed by atoms with Gasteiger partial charge >= 0.3 is 0 Å². The number of rotatable bonds is 2. The summed E-state index contributed by atoms with van der Waals surface area (Å²) >= 11 is 5.26. The van der Waals surface area contributed by atoms with Crippen molar-refractivity contribution >= 4 is 43.2 Å². The number of fused-ring (bicyclic) bond motifs is 2. The van der Waals surface area contributed by atoms with Crippen molar-refractivity contribution in [1.82, 2.24) is 4.98 Å². The van der Waals surface area contributed by atoms with E-state index in [-0.39, 0.29) is 0 Å². The van der Waals surface area contributed by atoms with E-state index in [1.807, 2.05) is 5.51 Å². The SMILES string of the molecule is Brc1ccc2c(c1)CCC(Nc1ccc3ncsc3c1)C2. The Morgan fingerprint density at radius 3 is 3.05 bits per heavy atom. The predicted molar refractivity (Wildman–Crippen MR) is 93.2 cm³/mol. The maximum atomic E-state index is 4.33. The first-order valence-electron chi connectivity index (χ1n) is 7.15.